The largest absolute Gasteiger partial charge is 0.306 e. The first-order valence-corrected chi connectivity index (χ1v) is 5.44. The lowest BCUT2D eigenvalue weighted by Crippen LogP contribution is -2.15. The predicted octanol–water partition coefficient (Wildman–Crippen LogP) is 2.17. The van der Waals surface area contributed by atoms with Crippen LogP contribution in [0.3, 0.4) is 0 Å². The van der Waals surface area contributed by atoms with Gasteiger partial charge in [-0.15, -0.1) is 0 Å². The Balaban J connectivity index is 2.45. The molecule has 0 aromatic heterocycles. The van der Waals surface area contributed by atoms with E-state index in [-0.39, 0.29) is 0 Å². The smallest absolute Gasteiger partial charge is 0.133 e. The van der Waals surface area contributed by atoms with Gasteiger partial charge in [0.15, 0.2) is 0 Å². The van der Waals surface area contributed by atoms with Gasteiger partial charge in [0.25, 0.3) is 0 Å². The highest BCUT2D eigenvalue weighted by Gasteiger charge is 1.97. The lowest BCUT2D eigenvalue weighted by Gasteiger charge is -2.06. The van der Waals surface area contributed by atoms with Crippen molar-refractivity contribution in [2.45, 2.75) is 26.8 Å². The maximum Gasteiger partial charge on any atom is 0.133 e. The van der Waals surface area contributed by atoms with Gasteiger partial charge in [0.1, 0.15) is 6.29 Å². The van der Waals surface area contributed by atoms with Gasteiger partial charge < -0.3 is 10.1 Å². The molecular weight excluding hydrogens is 186 g/mol. The highest BCUT2D eigenvalue weighted by Crippen LogP contribution is 2.09. The van der Waals surface area contributed by atoms with Crippen LogP contribution in [0.4, 0.5) is 0 Å². The van der Waals surface area contributed by atoms with Gasteiger partial charge in [0, 0.05) is 6.54 Å². The van der Waals surface area contributed by atoms with Crippen molar-refractivity contribution in [3.8, 4) is 0 Å². The lowest BCUT2D eigenvalue weighted by molar-refractivity contribution is -0.107. The molecule has 0 heterocycles. The Morgan fingerprint density at radius 2 is 1.80 bits per heavy atom. The van der Waals surface area contributed by atoms with E-state index < -0.39 is 0 Å². The quantitative estimate of drug-likeness (QED) is 0.569. The van der Waals surface area contributed by atoms with E-state index in [0.717, 1.165) is 19.3 Å². The van der Waals surface area contributed by atoms with Crippen LogP contribution in [-0.4, -0.2) is 12.8 Å². The normalized spacial score (nSPS) is 10.6. The number of carbonyl (C=O) groups excluding carboxylic acids is 1. The molecule has 0 radical (unpaired) electrons. The van der Waals surface area contributed by atoms with Crippen molar-refractivity contribution >= 4 is 6.29 Å². The van der Waals surface area contributed by atoms with Crippen LogP contribution in [0.2, 0.25) is 0 Å². The summed E-state index contributed by atoms with van der Waals surface area (Å²) in [4.78, 5) is 10.1. The van der Waals surface area contributed by atoms with Crippen LogP contribution in [0.15, 0.2) is 24.3 Å². The summed E-state index contributed by atoms with van der Waals surface area (Å²) in [5.74, 6) is 0.698. The number of carbonyl (C=O) groups is 1. The van der Waals surface area contributed by atoms with E-state index >= 15 is 0 Å². The molecule has 0 spiro atoms. The molecule has 0 atom stereocenters. The molecule has 1 N–H and O–H groups in total. The molecule has 1 aromatic rings. The molecule has 82 valence electrons. The first-order chi connectivity index (χ1) is 7.22. The Morgan fingerprint density at radius 3 is 2.33 bits per heavy atom. The molecule has 2 nitrogen and oxygen atoms in total. The highest BCUT2D eigenvalue weighted by molar-refractivity contribution is 5.51. The number of rotatable bonds is 6. The van der Waals surface area contributed by atoms with Crippen LogP contribution in [0.25, 0.3) is 0 Å². The fourth-order valence-corrected chi connectivity index (χ4v) is 1.54. The Morgan fingerprint density at radius 1 is 1.20 bits per heavy atom. The summed E-state index contributed by atoms with van der Waals surface area (Å²) in [5, 5.41) is 3.04. The predicted molar refractivity (Wildman–Crippen MR) is 62.8 cm³/mol. The van der Waals surface area contributed by atoms with Crippen LogP contribution >= 0.6 is 0 Å². The van der Waals surface area contributed by atoms with Crippen molar-refractivity contribution < 1.29 is 4.79 Å². The first kappa shape index (κ1) is 11.9. The minimum atomic E-state index is 0.424. The van der Waals surface area contributed by atoms with E-state index in [1.807, 2.05) is 0 Å². The molecule has 2 heteroatoms. The Hall–Kier alpha value is -1.15. The summed E-state index contributed by atoms with van der Waals surface area (Å²) in [6, 6.07) is 8.57. The van der Waals surface area contributed by atoms with Gasteiger partial charge in [-0.1, -0.05) is 38.1 Å². The SMILES string of the molecule is CC(C)Cc1ccc(CNCC=O)cc1. The van der Waals surface area contributed by atoms with Crippen molar-refractivity contribution in [3.05, 3.63) is 35.4 Å². The minimum Gasteiger partial charge on any atom is -0.306 e. The van der Waals surface area contributed by atoms with Crippen LogP contribution in [0.5, 0.6) is 0 Å². The third kappa shape index (κ3) is 4.75. The fourth-order valence-electron chi connectivity index (χ4n) is 1.54. The van der Waals surface area contributed by atoms with Gasteiger partial charge in [-0.2, -0.15) is 0 Å². The molecule has 0 aliphatic rings. The van der Waals surface area contributed by atoms with Crippen molar-refractivity contribution in [1.29, 1.82) is 0 Å². The number of hydrogen-bond acceptors (Lipinski definition) is 2. The van der Waals surface area contributed by atoms with Crippen LogP contribution in [-0.2, 0) is 17.8 Å². The van der Waals surface area contributed by atoms with Crippen LogP contribution in [0, 0.1) is 5.92 Å². The second-order valence-electron chi connectivity index (χ2n) is 4.21. The number of hydrogen-bond donors (Lipinski definition) is 1. The molecule has 0 aliphatic heterocycles. The molecule has 0 fully saturated rings. The average molecular weight is 205 g/mol. The van der Waals surface area contributed by atoms with E-state index in [0.29, 0.717) is 12.5 Å². The lowest BCUT2D eigenvalue weighted by atomic mass is 10.0. The first-order valence-electron chi connectivity index (χ1n) is 5.44. The summed E-state index contributed by atoms with van der Waals surface area (Å²) >= 11 is 0. The molecule has 1 aromatic carbocycles. The van der Waals surface area contributed by atoms with Gasteiger partial charge in [-0.3, -0.25) is 0 Å². The van der Waals surface area contributed by atoms with Crippen molar-refractivity contribution in [2.75, 3.05) is 6.54 Å². The molecule has 0 saturated heterocycles. The second kappa shape index (κ2) is 6.36. The summed E-state index contributed by atoms with van der Waals surface area (Å²) < 4.78 is 0. The van der Waals surface area contributed by atoms with Gasteiger partial charge in [0.05, 0.1) is 6.54 Å². The van der Waals surface area contributed by atoms with Gasteiger partial charge in [0.2, 0.25) is 0 Å². The monoisotopic (exact) mass is 205 g/mol. The summed E-state index contributed by atoms with van der Waals surface area (Å²) in [6.07, 6.45) is 2.01. The van der Waals surface area contributed by atoms with Gasteiger partial charge >= 0.3 is 0 Å². The molecule has 0 saturated carbocycles. The molecular formula is C13H19NO. The maximum absolute atomic E-state index is 10.1. The van der Waals surface area contributed by atoms with E-state index in [1.54, 1.807) is 0 Å². The summed E-state index contributed by atoms with van der Waals surface area (Å²) in [5.41, 5.74) is 2.61. The number of nitrogens with one attached hydrogen (secondary N) is 1. The fraction of sp³-hybridized carbons (Fsp3) is 0.462. The molecule has 0 amide bonds. The number of benzene rings is 1. The summed E-state index contributed by atoms with van der Waals surface area (Å²) in [7, 11) is 0. The maximum atomic E-state index is 10.1. The molecule has 0 aliphatic carbocycles. The van der Waals surface area contributed by atoms with E-state index in [2.05, 4.69) is 43.4 Å². The van der Waals surface area contributed by atoms with Crippen LogP contribution in [0.1, 0.15) is 25.0 Å². The van der Waals surface area contributed by atoms with Crippen molar-refractivity contribution in [2.24, 2.45) is 5.92 Å². The topological polar surface area (TPSA) is 29.1 Å². The Bertz CT molecular complexity index is 290. The van der Waals surface area contributed by atoms with Crippen molar-refractivity contribution in [1.82, 2.24) is 5.32 Å². The number of aldehydes is 1. The Kier molecular flexibility index (Phi) is 5.05. The van der Waals surface area contributed by atoms with Gasteiger partial charge in [-0.25, -0.2) is 0 Å². The second-order valence-corrected chi connectivity index (χ2v) is 4.21. The highest BCUT2D eigenvalue weighted by atomic mass is 16.1. The van der Waals surface area contributed by atoms with E-state index in [4.69, 9.17) is 0 Å². The zero-order valence-electron chi connectivity index (χ0n) is 9.49. The standard InChI is InChI=1S/C13H19NO/c1-11(2)9-12-3-5-13(6-4-12)10-14-7-8-15/h3-6,8,11,14H,7,9-10H2,1-2H3. The van der Waals surface area contributed by atoms with E-state index in [9.17, 15) is 4.79 Å². The third-order valence-corrected chi connectivity index (χ3v) is 2.22. The van der Waals surface area contributed by atoms with Crippen molar-refractivity contribution in [3.63, 3.8) is 0 Å². The molecule has 0 bridgehead atoms. The third-order valence-electron chi connectivity index (χ3n) is 2.22. The molecule has 0 unspecified atom stereocenters. The molecule has 1 rings (SSSR count). The average Bonchev–Trinajstić information content (AvgIpc) is 2.20. The Labute approximate surface area is 91.7 Å². The minimum absolute atomic E-state index is 0.424. The molecule has 15 heavy (non-hydrogen) atoms. The zero-order valence-corrected chi connectivity index (χ0v) is 9.49. The van der Waals surface area contributed by atoms with Crippen LogP contribution < -0.4 is 5.32 Å². The summed E-state index contributed by atoms with van der Waals surface area (Å²) in [6.45, 7) is 5.63. The van der Waals surface area contributed by atoms with Gasteiger partial charge in [-0.05, 0) is 23.5 Å². The van der Waals surface area contributed by atoms with E-state index in [1.165, 1.54) is 11.1 Å². The zero-order chi connectivity index (χ0) is 11.1.